The van der Waals surface area contributed by atoms with Crippen LogP contribution in [0.5, 0.6) is 0 Å². The molecule has 0 saturated heterocycles. The maximum absolute atomic E-state index is 11.5. The Morgan fingerprint density at radius 2 is 1.62 bits per heavy atom. The van der Waals surface area contributed by atoms with Gasteiger partial charge in [-0.2, -0.15) is 0 Å². The zero-order valence-corrected chi connectivity index (χ0v) is 12.5. The molecule has 0 aliphatic carbocycles. The molecule has 21 heavy (non-hydrogen) atoms. The first kappa shape index (κ1) is 16.9. The van der Waals surface area contributed by atoms with E-state index in [0.29, 0.717) is 0 Å². The third-order valence-electron chi connectivity index (χ3n) is 2.43. The molecule has 0 aliphatic rings. The van der Waals surface area contributed by atoms with Gasteiger partial charge < -0.3 is 9.47 Å². The van der Waals surface area contributed by atoms with Gasteiger partial charge in [0.05, 0.1) is 6.42 Å². The van der Waals surface area contributed by atoms with Crippen LogP contribution >= 0.6 is 0 Å². The van der Waals surface area contributed by atoms with Crippen molar-refractivity contribution in [2.24, 2.45) is 0 Å². The summed E-state index contributed by atoms with van der Waals surface area (Å²) < 4.78 is 9.94. The lowest BCUT2D eigenvalue weighted by molar-refractivity contribution is -0.162. The summed E-state index contributed by atoms with van der Waals surface area (Å²) in [6.45, 7) is 5.17. The van der Waals surface area contributed by atoms with Gasteiger partial charge >= 0.3 is 11.9 Å². The molecule has 5 heteroatoms. The van der Waals surface area contributed by atoms with Gasteiger partial charge in [0.1, 0.15) is 12.2 Å². The van der Waals surface area contributed by atoms with Crippen molar-refractivity contribution in [2.75, 3.05) is 0 Å². The van der Waals surface area contributed by atoms with E-state index in [4.69, 9.17) is 9.47 Å². The first-order valence-electron chi connectivity index (χ1n) is 6.73. The lowest BCUT2D eigenvalue weighted by Gasteiger charge is -2.18. The van der Waals surface area contributed by atoms with Crippen molar-refractivity contribution in [3.05, 3.63) is 35.9 Å². The summed E-state index contributed by atoms with van der Waals surface area (Å²) in [5, 5.41) is 0. The van der Waals surface area contributed by atoms with Gasteiger partial charge in [0.2, 0.25) is 5.78 Å². The number of esters is 2. The Balaban J connectivity index is 2.29. The topological polar surface area (TPSA) is 69.7 Å². The predicted octanol–water partition coefficient (Wildman–Crippen LogP) is 2.42. The van der Waals surface area contributed by atoms with E-state index in [1.807, 2.05) is 30.3 Å². The van der Waals surface area contributed by atoms with E-state index in [1.165, 1.54) is 0 Å². The Hall–Kier alpha value is -2.17. The zero-order valence-electron chi connectivity index (χ0n) is 12.5. The summed E-state index contributed by atoms with van der Waals surface area (Å²) in [6, 6.07) is 9.22. The van der Waals surface area contributed by atoms with Crippen LogP contribution in [0.15, 0.2) is 30.3 Å². The molecule has 0 atom stereocenters. The lowest BCUT2D eigenvalue weighted by Crippen LogP contribution is -2.29. The molecule has 0 fully saturated rings. The van der Waals surface area contributed by atoms with Crippen molar-refractivity contribution in [2.45, 2.75) is 45.8 Å². The largest absolute Gasteiger partial charge is 0.461 e. The van der Waals surface area contributed by atoms with Crippen LogP contribution in [0.1, 0.15) is 39.2 Å². The number of carbonyl (C=O) groups is 3. The van der Waals surface area contributed by atoms with Crippen LogP contribution in [-0.2, 0) is 30.5 Å². The van der Waals surface area contributed by atoms with Gasteiger partial charge in [-0.25, -0.2) is 4.79 Å². The fourth-order valence-electron chi connectivity index (χ4n) is 1.46. The fraction of sp³-hybridized carbons (Fsp3) is 0.438. The van der Waals surface area contributed by atoms with Crippen molar-refractivity contribution in [3.63, 3.8) is 0 Å². The monoisotopic (exact) mass is 292 g/mol. The minimum absolute atomic E-state index is 0.134. The summed E-state index contributed by atoms with van der Waals surface area (Å²) in [4.78, 5) is 34.4. The number of ether oxygens (including phenoxy) is 2. The molecule has 0 N–H and O–H groups in total. The third kappa shape index (κ3) is 7.25. The second-order valence-electron chi connectivity index (χ2n) is 5.57. The lowest BCUT2D eigenvalue weighted by atomic mass is 10.2. The average Bonchev–Trinajstić information content (AvgIpc) is 2.41. The highest BCUT2D eigenvalue weighted by atomic mass is 16.6. The Kier molecular flexibility index (Phi) is 6.09. The fourth-order valence-corrected chi connectivity index (χ4v) is 1.46. The Bertz CT molecular complexity index is 499. The van der Waals surface area contributed by atoms with Crippen molar-refractivity contribution in [3.8, 4) is 0 Å². The molecule has 0 saturated carbocycles. The maximum atomic E-state index is 11.5. The van der Waals surface area contributed by atoms with E-state index in [1.54, 1.807) is 20.8 Å². The number of hydrogen-bond donors (Lipinski definition) is 0. The molecule has 0 aromatic heterocycles. The Labute approximate surface area is 124 Å². The summed E-state index contributed by atoms with van der Waals surface area (Å²) in [5.74, 6) is -2.16. The van der Waals surface area contributed by atoms with Crippen LogP contribution in [0.4, 0.5) is 0 Å². The molecular formula is C16H20O5. The SMILES string of the molecule is CC(C)(C)OC(=O)C(=O)CCC(=O)OCc1ccccc1. The van der Waals surface area contributed by atoms with Crippen molar-refractivity contribution in [1.82, 2.24) is 0 Å². The molecule has 5 nitrogen and oxygen atoms in total. The molecule has 0 aliphatic heterocycles. The number of Topliss-reactive ketones (excluding diaryl/α,β-unsaturated/α-hetero) is 1. The molecule has 0 radical (unpaired) electrons. The quantitative estimate of drug-likeness (QED) is 0.595. The van der Waals surface area contributed by atoms with Crippen molar-refractivity contribution < 1.29 is 23.9 Å². The van der Waals surface area contributed by atoms with E-state index in [0.717, 1.165) is 5.56 Å². The van der Waals surface area contributed by atoms with Gasteiger partial charge in [-0.05, 0) is 26.3 Å². The Morgan fingerprint density at radius 3 is 2.19 bits per heavy atom. The molecule has 0 unspecified atom stereocenters. The van der Waals surface area contributed by atoms with E-state index < -0.39 is 23.3 Å². The van der Waals surface area contributed by atoms with E-state index in [2.05, 4.69) is 0 Å². The molecule has 0 bridgehead atoms. The summed E-state index contributed by atoms with van der Waals surface area (Å²) in [7, 11) is 0. The highest BCUT2D eigenvalue weighted by Crippen LogP contribution is 2.09. The molecular weight excluding hydrogens is 272 g/mol. The maximum Gasteiger partial charge on any atom is 0.375 e. The van der Waals surface area contributed by atoms with Crippen LogP contribution in [0.3, 0.4) is 0 Å². The highest BCUT2D eigenvalue weighted by Gasteiger charge is 2.23. The van der Waals surface area contributed by atoms with Gasteiger partial charge in [0.25, 0.3) is 0 Å². The molecule has 0 spiro atoms. The van der Waals surface area contributed by atoms with Gasteiger partial charge in [0.15, 0.2) is 0 Å². The van der Waals surface area contributed by atoms with Crippen LogP contribution in [-0.4, -0.2) is 23.3 Å². The molecule has 1 rings (SSSR count). The number of carbonyl (C=O) groups excluding carboxylic acids is 3. The normalized spacial score (nSPS) is 10.8. The Morgan fingerprint density at radius 1 is 1.00 bits per heavy atom. The molecule has 114 valence electrons. The van der Waals surface area contributed by atoms with Crippen molar-refractivity contribution in [1.29, 1.82) is 0 Å². The number of ketones is 1. The van der Waals surface area contributed by atoms with Crippen molar-refractivity contribution >= 4 is 17.7 Å². The second kappa shape index (κ2) is 7.57. The number of benzene rings is 1. The molecule has 0 heterocycles. The molecule has 1 aromatic carbocycles. The van der Waals surface area contributed by atoms with Gasteiger partial charge in [-0.15, -0.1) is 0 Å². The van der Waals surface area contributed by atoms with Gasteiger partial charge in [-0.1, -0.05) is 30.3 Å². The first-order chi connectivity index (χ1) is 9.78. The van der Waals surface area contributed by atoms with E-state index in [-0.39, 0.29) is 19.4 Å². The van der Waals surface area contributed by atoms with Crippen LogP contribution < -0.4 is 0 Å². The van der Waals surface area contributed by atoms with E-state index in [9.17, 15) is 14.4 Å². The number of hydrogen-bond acceptors (Lipinski definition) is 5. The minimum Gasteiger partial charge on any atom is -0.461 e. The average molecular weight is 292 g/mol. The van der Waals surface area contributed by atoms with Crippen LogP contribution in [0, 0.1) is 0 Å². The van der Waals surface area contributed by atoms with Gasteiger partial charge in [-0.3, -0.25) is 9.59 Å². The smallest absolute Gasteiger partial charge is 0.375 e. The summed E-state index contributed by atoms with van der Waals surface area (Å²) in [6.07, 6.45) is -0.340. The molecule has 1 aromatic rings. The highest BCUT2D eigenvalue weighted by molar-refractivity contribution is 6.33. The zero-order chi connectivity index (χ0) is 15.9. The summed E-state index contributed by atoms with van der Waals surface area (Å²) in [5.41, 5.74) is 0.143. The number of rotatable bonds is 6. The van der Waals surface area contributed by atoms with Crippen LogP contribution in [0.2, 0.25) is 0 Å². The van der Waals surface area contributed by atoms with Gasteiger partial charge in [0, 0.05) is 6.42 Å². The predicted molar refractivity (Wildman–Crippen MR) is 76.3 cm³/mol. The first-order valence-corrected chi connectivity index (χ1v) is 6.73. The third-order valence-corrected chi connectivity index (χ3v) is 2.43. The second-order valence-corrected chi connectivity index (χ2v) is 5.57. The van der Waals surface area contributed by atoms with E-state index >= 15 is 0 Å². The molecule has 0 amide bonds. The summed E-state index contributed by atoms with van der Waals surface area (Å²) >= 11 is 0. The van der Waals surface area contributed by atoms with Crippen LogP contribution in [0.25, 0.3) is 0 Å². The standard InChI is InChI=1S/C16H20O5/c1-16(2,3)21-15(19)13(17)9-10-14(18)20-11-12-7-5-4-6-8-12/h4-8H,9-11H2,1-3H3. The minimum atomic E-state index is -0.918.